The van der Waals surface area contributed by atoms with Crippen molar-refractivity contribution in [3.05, 3.63) is 78.1 Å². The number of nitrogens with one attached hydrogen (secondary N) is 1. The molecule has 1 fully saturated rings. The van der Waals surface area contributed by atoms with Crippen LogP contribution in [0, 0.1) is 5.82 Å². The Labute approximate surface area is 163 Å². The summed E-state index contributed by atoms with van der Waals surface area (Å²) in [5.41, 5.74) is 4.90. The summed E-state index contributed by atoms with van der Waals surface area (Å²) in [6.07, 6.45) is 1.61. The highest BCUT2D eigenvalue weighted by Gasteiger charge is 2.18. The number of para-hydroxylation sites is 1. The molecule has 0 atom stereocenters. The van der Waals surface area contributed by atoms with Crippen LogP contribution in [0.15, 0.2) is 71.8 Å². The Kier molecular flexibility index (Phi) is 5.42. The van der Waals surface area contributed by atoms with Gasteiger partial charge in [-0.1, -0.05) is 30.3 Å². The van der Waals surface area contributed by atoms with E-state index in [0.29, 0.717) is 5.82 Å². The van der Waals surface area contributed by atoms with Crippen molar-refractivity contribution >= 4 is 23.5 Å². The summed E-state index contributed by atoms with van der Waals surface area (Å²) in [6, 6.07) is 20.4. The molecule has 1 aliphatic heterocycles. The lowest BCUT2D eigenvalue weighted by atomic mass is 10.2. The monoisotopic (exact) mass is 376 g/mol. The summed E-state index contributed by atoms with van der Waals surface area (Å²) >= 11 is 0. The zero-order valence-corrected chi connectivity index (χ0v) is 15.4. The molecule has 7 heteroatoms. The molecule has 28 heavy (non-hydrogen) atoms. The molecule has 0 bridgehead atoms. The maximum Gasteiger partial charge on any atom is 0.168 e. The Bertz CT molecular complexity index is 904. The largest absolute Gasteiger partial charge is 0.368 e. The second-order valence-corrected chi connectivity index (χ2v) is 6.51. The minimum absolute atomic E-state index is 0.267. The van der Waals surface area contributed by atoms with Crippen molar-refractivity contribution in [1.29, 1.82) is 0 Å². The van der Waals surface area contributed by atoms with Gasteiger partial charge in [0.2, 0.25) is 0 Å². The van der Waals surface area contributed by atoms with Crippen LogP contribution in [-0.2, 0) is 0 Å². The molecular weight excluding hydrogens is 355 g/mol. The highest BCUT2D eigenvalue weighted by Crippen LogP contribution is 2.19. The van der Waals surface area contributed by atoms with Gasteiger partial charge in [0.1, 0.15) is 5.82 Å². The van der Waals surface area contributed by atoms with Gasteiger partial charge >= 0.3 is 0 Å². The van der Waals surface area contributed by atoms with Crippen molar-refractivity contribution in [2.24, 2.45) is 5.10 Å². The maximum atomic E-state index is 12.9. The molecule has 0 saturated carbocycles. The van der Waals surface area contributed by atoms with Crippen LogP contribution >= 0.6 is 0 Å². The van der Waals surface area contributed by atoms with E-state index in [-0.39, 0.29) is 5.82 Å². The number of hydrazone groups is 1. The van der Waals surface area contributed by atoms with Crippen LogP contribution in [-0.4, -0.2) is 42.6 Å². The summed E-state index contributed by atoms with van der Waals surface area (Å²) in [5.74, 6) is 1.15. The van der Waals surface area contributed by atoms with Gasteiger partial charge in [0.25, 0.3) is 0 Å². The van der Waals surface area contributed by atoms with Crippen LogP contribution in [0.5, 0.6) is 0 Å². The van der Waals surface area contributed by atoms with Crippen molar-refractivity contribution < 1.29 is 4.39 Å². The van der Waals surface area contributed by atoms with E-state index in [1.807, 2.05) is 18.2 Å². The molecule has 4 rings (SSSR count). The minimum atomic E-state index is -0.267. The number of piperazine rings is 1. The summed E-state index contributed by atoms with van der Waals surface area (Å²) in [5, 5.41) is 12.6. The highest BCUT2D eigenvalue weighted by atomic mass is 19.1. The number of rotatable bonds is 5. The summed E-state index contributed by atoms with van der Waals surface area (Å²) in [4.78, 5) is 4.61. The zero-order valence-electron chi connectivity index (χ0n) is 15.4. The molecule has 3 aromatic rings. The molecule has 0 aliphatic carbocycles. The predicted molar refractivity (Wildman–Crippen MR) is 111 cm³/mol. The molecule has 0 spiro atoms. The topological polar surface area (TPSA) is 56.7 Å². The lowest BCUT2D eigenvalue weighted by Crippen LogP contribution is -2.46. The second-order valence-electron chi connectivity index (χ2n) is 6.51. The number of nitrogens with zero attached hydrogens (tertiary/aromatic N) is 5. The second kappa shape index (κ2) is 8.47. The molecule has 1 N–H and O–H groups in total. The molecule has 142 valence electrons. The fourth-order valence-electron chi connectivity index (χ4n) is 3.11. The average molecular weight is 376 g/mol. The SMILES string of the molecule is Fc1ccc(/C=N\Nc2ccc(N3CCN(c4ccccc4)CC3)nn2)cc1. The van der Waals surface area contributed by atoms with E-state index in [1.165, 1.54) is 17.8 Å². The van der Waals surface area contributed by atoms with E-state index in [4.69, 9.17) is 0 Å². The summed E-state index contributed by atoms with van der Waals surface area (Å²) in [6.45, 7) is 3.71. The van der Waals surface area contributed by atoms with Crippen LogP contribution in [0.4, 0.5) is 21.7 Å². The molecule has 6 nitrogen and oxygen atoms in total. The number of hydrogen-bond acceptors (Lipinski definition) is 6. The maximum absolute atomic E-state index is 12.9. The number of aromatic nitrogens is 2. The van der Waals surface area contributed by atoms with Crippen molar-refractivity contribution in [1.82, 2.24) is 10.2 Å². The number of hydrogen-bond donors (Lipinski definition) is 1. The van der Waals surface area contributed by atoms with Crippen molar-refractivity contribution in [3.8, 4) is 0 Å². The van der Waals surface area contributed by atoms with Gasteiger partial charge in [0.05, 0.1) is 6.21 Å². The zero-order chi connectivity index (χ0) is 19.2. The molecule has 1 aliphatic rings. The van der Waals surface area contributed by atoms with Gasteiger partial charge in [-0.3, -0.25) is 5.43 Å². The fourth-order valence-corrected chi connectivity index (χ4v) is 3.11. The fraction of sp³-hybridized carbons (Fsp3) is 0.190. The Balaban J connectivity index is 1.30. The van der Waals surface area contributed by atoms with Crippen molar-refractivity contribution in [2.45, 2.75) is 0 Å². The van der Waals surface area contributed by atoms with Crippen molar-refractivity contribution in [3.63, 3.8) is 0 Å². The summed E-state index contributed by atoms with van der Waals surface area (Å²) in [7, 11) is 0. The van der Waals surface area contributed by atoms with Crippen LogP contribution in [0.25, 0.3) is 0 Å². The van der Waals surface area contributed by atoms with Gasteiger partial charge in [-0.2, -0.15) is 5.10 Å². The first-order valence-corrected chi connectivity index (χ1v) is 9.21. The Morgan fingerprint density at radius 1 is 0.821 bits per heavy atom. The first kappa shape index (κ1) is 17.9. The third kappa shape index (κ3) is 4.43. The van der Waals surface area contributed by atoms with E-state index in [1.54, 1.807) is 18.3 Å². The lowest BCUT2D eigenvalue weighted by Gasteiger charge is -2.36. The number of halogens is 1. The third-order valence-electron chi connectivity index (χ3n) is 4.64. The number of anilines is 3. The van der Waals surface area contributed by atoms with Gasteiger partial charge in [0, 0.05) is 31.9 Å². The lowest BCUT2D eigenvalue weighted by molar-refractivity contribution is 0.628. The normalized spacial score (nSPS) is 14.5. The molecule has 1 aromatic heterocycles. The van der Waals surface area contributed by atoms with Crippen LogP contribution < -0.4 is 15.2 Å². The molecule has 2 aromatic carbocycles. The molecular formula is C21H21FN6. The van der Waals surface area contributed by atoms with Crippen molar-refractivity contribution in [2.75, 3.05) is 41.4 Å². The van der Waals surface area contributed by atoms with E-state index in [0.717, 1.165) is 37.6 Å². The minimum Gasteiger partial charge on any atom is -0.368 e. The predicted octanol–water partition coefficient (Wildman–Crippen LogP) is 3.39. The first-order valence-electron chi connectivity index (χ1n) is 9.21. The van der Waals surface area contributed by atoms with E-state index in [9.17, 15) is 4.39 Å². The summed E-state index contributed by atoms with van der Waals surface area (Å²) < 4.78 is 12.9. The molecule has 2 heterocycles. The smallest absolute Gasteiger partial charge is 0.168 e. The molecule has 0 amide bonds. The standard InChI is InChI=1S/C21H21FN6/c22-18-8-6-17(7-9-18)16-23-24-20-10-11-21(26-25-20)28-14-12-27(13-15-28)19-4-2-1-3-5-19/h1-11,16H,12-15H2,(H,24,25)/b23-16-. The number of benzene rings is 2. The van der Waals surface area contributed by atoms with Gasteiger partial charge in [0.15, 0.2) is 11.6 Å². The van der Waals surface area contributed by atoms with Crippen LogP contribution in [0.2, 0.25) is 0 Å². The molecule has 0 radical (unpaired) electrons. The molecule has 1 saturated heterocycles. The average Bonchev–Trinajstić information content (AvgIpc) is 2.76. The Hall–Kier alpha value is -3.48. The highest BCUT2D eigenvalue weighted by molar-refractivity contribution is 5.79. The van der Waals surface area contributed by atoms with Crippen LogP contribution in [0.3, 0.4) is 0 Å². The Morgan fingerprint density at radius 2 is 1.54 bits per heavy atom. The Morgan fingerprint density at radius 3 is 2.21 bits per heavy atom. The van der Waals surface area contributed by atoms with Gasteiger partial charge in [-0.05, 0) is 42.0 Å². The van der Waals surface area contributed by atoms with Gasteiger partial charge < -0.3 is 9.80 Å². The first-order chi connectivity index (χ1) is 13.8. The quantitative estimate of drug-likeness (QED) is 0.546. The van der Waals surface area contributed by atoms with Gasteiger partial charge in [-0.15, -0.1) is 10.2 Å². The van der Waals surface area contributed by atoms with E-state index >= 15 is 0 Å². The van der Waals surface area contributed by atoms with E-state index < -0.39 is 0 Å². The van der Waals surface area contributed by atoms with E-state index in [2.05, 4.69) is 54.8 Å². The van der Waals surface area contributed by atoms with Gasteiger partial charge in [-0.25, -0.2) is 4.39 Å². The van der Waals surface area contributed by atoms with Crippen LogP contribution in [0.1, 0.15) is 5.56 Å². The molecule has 0 unspecified atom stereocenters. The third-order valence-corrected chi connectivity index (χ3v) is 4.64.